The molecule has 4 heterocycles. The number of halogens is 2. The van der Waals surface area contributed by atoms with Crippen LogP contribution in [0.25, 0.3) is 0 Å². The van der Waals surface area contributed by atoms with Crippen LogP contribution in [0.1, 0.15) is 48.0 Å². The summed E-state index contributed by atoms with van der Waals surface area (Å²) in [5.74, 6) is -1.32. The zero-order valence-corrected chi connectivity index (χ0v) is 17.7. The van der Waals surface area contributed by atoms with Crippen molar-refractivity contribution in [1.29, 1.82) is 5.26 Å². The summed E-state index contributed by atoms with van der Waals surface area (Å²) in [6.07, 6.45) is 2.46. The van der Waals surface area contributed by atoms with Gasteiger partial charge >= 0.3 is 0 Å². The average Bonchev–Trinajstić information content (AvgIpc) is 3.41. The molecular weight excluding hydrogens is 422 g/mol. The minimum Gasteiger partial charge on any atom is -0.342 e. The number of benzene rings is 1. The molecular formula is C22H22F2N4O2S. The number of ether oxygens (including phenoxy) is 1. The van der Waals surface area contributed by atoms with Crippen LogP contribution in [0.2, 0.25) is 0 Å². The van der Waals surface area contributed by atoms with Crippen LogP contribution in [0.4, 0.5) is 8.78 Å². The number of carbonyl (C=O) groups is 1. The van der Waals surface area contributed by atoms with E-state index >= 15 is 0 Å². The normalized spacial score (nSPS) is 25.2. The van der Waals surface area contributed by atoms with E-state index in [1.165, 1.54) is 23.5 Å². The van der Waals surface area contributed by atoms with Gasteiger partial charge in [0.15, 0.2) is 5.60 Å². The molecule has 0 bridgehead atoms. The topological polar surface area (TPSA) is 69.5 Å². The molecule has 162 valence electrons. The molecule has 1 spiro atoms. The Bertz CT molecular complexity index is 1020. The first-order valence-corrected chi connectivity index (χ1v) is 11.3. The SMILES string of the molecule is N#CCc1nc(CN2CCC3(CC2)OC2CCC(c4cc(F)cc(F)c4)N2C3=O)cs1. The molecule has 1 amide bonds. The molecule has 3 aliphatic rings. The number of carbonyl (C=O) groups excluding carboxylic acids is 1. The van der Waals surface area contributed by atoms with Gasteiger partial charge in [0.2, 0.25) is 0 Å². The lowest BCUT2D eigenvalue weighted by atomic mass is 9.89. The number of nitrogens with zero attached hydrogens (tertiary/aromatic N) is 4. The summed E-state index contributed by atoms with van der Waals surface area (Å²) in [5, 5.41) is 11.6. The molecule has 2 atom stereocenters. The summed E-state index contributed by atoms with van der Waals surface area (Å²) in [6.45, 7) is 2.10. The van der Waals surface area contributed by atoms with Crippen LogP contribution in [0.3, 0.4) is 0 Å². The van der Waals surface area contributed by atoms with Crippen molar-refractivity contribution < 1.29 is 18.3 Å². The number of aromatic nitrogens is 1. The second-order valence-corrected chi connectivity index (χ2v) is 9.36. The maximum absolute atomic E-state index is 13.7. The first kappa shape index (κ1) is 20.5. The minimum atomic E-state index is -0.847. The Balaban J connectivity index is 1.26. The Hall–Kier alpha value is -2.41. The molecule has 1 aromatic carbocycles. The lowest BCUT2D eigenvalue weighted by Crippen LogP contribution is -2.50. The van der Waals surface area contributed by atoms with Crippen molar-refractivity contribution in [3.05, 3.63) is 51.5 Å². The Labute approximate surface area is 183 Å². The molecule has 1 aromatic heterocycles. The van der Waals surface area contributed by atoms with Crippen LogP contribution in [0.5, 0.6) is 0 Å². The van der Waals surface area contributed by atoms with Gasteiger partial charge in [-0.2, -0.15) is 5.26 Å². The highest BCUT2D eigenvalue weighted by Gasteiger charge is 2.57. The summed E-state index contributed by atoms with van der Waals surface area (Å²) in [7, 11) is 0. The highest BCUT2D eigenvalue weighted by atomic mass is 32.1. The summed E-state index contributed by atoms with van der Waals surface area (Å²) < 4.78 is 33.8. The fourth-order valence-corrected chi connectivity index (χ4v) is 5.73. The molecule has 2 unspecified atom stereocenters. The lowest BCUT2D eigenvalue weighted by Gasteiger charge is -2.37. The predicted molar refractivity (Wildman–Crippen MR) is 109 cm³/mol. The van der Waals surface area contributed by atoms with Gasteiger partial charge in [-0.05, 0) is 43.4 Å². The predicted octanol–water partition coefficient (Wildman–Crippen LogP) is 3.54. The van der Waals surface area contributed by atoms with Crippen LogP contribution in [-0.2, 0) is 22.5 Å². The van der Waals surface area contributed by atoms with Crippen molar-refractivity contribution in [2.24, 2.45) is 0 Å². The van der Waals surface area contributed by atoms with E-state index in [4.69, 9.17) is 10.00 Å². The molecule has 3 saturated heterocycles. The van der Waals surface area contributed by atoms with Gasteiger partial charge in [-0.15, -0.1) is 11.3 Å². The van der Waals surface area contributed by atoms with Crippen LogP contribution in [-0.4, -0.2) is 45.6 Å². The molecule has 0 N–H and O–H groups in total. The second-order valence-electron chi connectivity index (χ2n) is 8.42. The number of nitriles is 1. The van der Waals surface area contributed by atoms with Crippen LogP contribution >= 0.6 is 11.3 Å². The lowest BCUT2D eigenvalue weighted by molar-refractivity contribution is -0.143. The van der Waals surface area contributed by atoms with E-state index in [0.717, 1.165) is 16.8 Å². The highest BCUT2D eigenvalue weighted by molar-refractivity contribution is 7.09. The number of hydrogen-bond acceptors (Lipinski definition) is 6. The van der Waals surface area contributed by atoms with Gasteiger partial charge in [0.05, 0.1) is 24.2 Å². The smallest absolute Gasteiger partial charge is 0.257 e. The van der Waals surface area contributed by atoms with E-state index in [9.17, 15) is 13.6 Å². The van der Waals surface area contributed by atoms with E-state index in [0.29, 0.717) is 57.3 Å². The highest BCUT2D eigenvalue weighted by Crippen LogP contribution is 2.47. The largest absolute Gasteiger partial charge is 0.342 e. The van der Waals surface area contributed by atoms with Gasteiger partial charge < -0.3 is 9.64 Å². The standard InChI is InChI=1S/C22H22F2N4O2S/c23-15-9-14(10-16(24)11-15)18-1-2-20-28(18)21(29)22(30-20)4-7-27(8-5-22)12-17-13-31-19(26-17)3-6-25/h9-11,13,18,20H,1-5,7-8,12H2. The van der Waals surface area contributed by atoms with Gasteiger partial charge in [0, 0.05) is 31.1 Å². The van der Waals surface area contributed by atoms with Gasteiger partial charge in [-0.3, -0.25) is 9.69 Å². The van der Waals surface area contributed by atoms with E-state index in [1.54, 1.807) is 4.90 Å². The number of amides is 1. The van der Waals surface area contributed by atoms with Crippen molar-refractivity contribution in [3.63, 3.8) is 0 Å². The van der Waals surface area contributed by atoms with Crippen molar-refractivity contribution in [2.75, 3.05) is 13.1 Å². The number of fused-ring (bicyclic) bond motifs is 1. The number of hydrogen-bond donors (Lipinski definition) is 0. The van der Waals surface area contributed by atoms with Crippen LogP contribution in [0.15, 0.2) is 23.6 Å². The molecule has 0 radical (unpaired) electrons. The maximum Gasteiger partial charge on any atom is 0.257 e. The Morgan fingerprint density at radius 1 is 1.23 bits per heavy atom. The third-order valence-corrected chi connectivity index (χ3v) is 7.37. The number of piperidine rings is 1. The Morgan fingerprint density at radius 3 is 2.68 bits per heavy atom. The van der Waals surface area contributed by atoms with Crippen LogP contribution < -0.4 is 0 Å². The van der Waals surface area contributed by atoms with E-state index < -0.39 is 17.2 Å². The molecule has 3 aliphatic heterocycles. The van der Waals surface area contributed by atoms with Crippen molar-refractivity contribution in [1.82, 2.24) is 14.8 Å². The number of thiazole rings is 1. The van der Waals surface area contributed by atoms with Gasteiger partial charge in [-0.1, -0.05) is 0 Å². The van der Waals surface area contributed by atoms with Crippen LogP contribution in [0, 0.1) is 23.0 Å². The minimum absolute atomic E-state index is 0.0608. The molecule has 0 aliphatic carbocycles. The fraction of sp³-hybridized carbons (Fsp3) is 0.500. The summed E-state index contributed by atoms with van der Waals surface area (Å²) in [6, 6.07) is 5.23. The van der Waals surface area contributed by atoms with Crippen molar-refractivity contribution in [2.45, 2.75) is 56.5 Å². The van der Waals surface area contributed by atoms with E-state index in [2.05, 4.69) is 16.0 Å². The van der Waals surface area contributed by atoms with Crippen molar-refractivity contribution >= 4 is 17.2 Å². The Kier molecular flexibility index (Phi) is 5.24. The fourth-order valence-electron chi connectivity index (χ4n) is 5.01. The first-order valence-electron chi connectivity index (χ1n) is 10.5. The summed E-state index contributed by atoms with van der Waals surface area (Å²) in [5.41, 5.74) is 0.585. The number of rotatable bonds is 4. The summed E-state index contributed by atoms with van der Waals surface area (Å²) >= 11 is 1.49. The molecule has 3 fully saturated rings. The molecule has 9 heteroatoms. The molecule has 31 heavy (non-hydrogen) atoms. The van der Waals surface area contributed by atoms with Gasteiger partial charge in [0.25, 0.3) is 5.91 Å². The third-order valence-electron chi connectivity index (χ3n) is 6.47. The van der Waals surface area contributed by atoms with E-state index in [-0.39, 0.29) is 18.2 Å². The zero-order chi connectivity index (χ0) is 21.6. The second kappa shape index (κ2) is 7.93. The van der Waals surface area contributed by atoms with E-state index in [1.807, 2.05) is 5.38 Å². The zero-order valence-electron chi connectivity index (χ0n) is 16.9. The summed E-state index contributed by atoms with van der Waals surface area (Å²) in [4.78, 5) is 21.9. The van der Waals surface area contributed by atoms with Crippen molar-refractivity contribution in [3.8, 4) is 6.07 Å². The molecule has 6 nitrogen and oxygen atoms in total. The third kappa shape index (κ3) is 3.73. The van der Waals surface area contributed by atoms with Gasteiger partial charge in [0.1, 0.15) is 22.9 Å². The average molecular weight is 445 g/mol. The monoisotopic (exact) mass is 444 g/mol. The molecule has 2 aromatic rings. The molecule has 0 saturated carbocycles. The maximum atomic E-state index is 13.7. The first-order chi connectivity index (χ1) is 15.0. The Morgan fingerprint density at radius 2 is 1.97 bits per heavy atom. The van der Waals surface area contributed by atoms with Gasteiger partial charge in [-0.25, -0.2) is 13.8 Å². The molecule has 5 rings (SSSR count). The number of likely N-dealkylation sites (tertiary alicyclic amines) is 1. The quantitative estimate of drug-likeness (QED) is 0.722.